The smallest absolute Gasteiger partial charge is 0.141 e. The van der Waals surface area contributed by atoms with Crippen LogP contribution >= 0.6 is 0 Å². The molecule has 2 aromatic carbocycles. The van der Waals surface area contributed by atoms with E-state index in [-0.39, 0.29) is 5.56 Å². The third-order valence-electron chi connectivity index (χ3n) is 7.36. The van der Waals surface area contributed by atoms with Crippen LogP contribution in [0.4, 0.5) is 4.39 Å². The van der Waals surface area contributed by atoms with Crippen molar-refractivity contribution in [1.82, 2.24) is 29.2 Å². The van der Waals surface area contributed by atoms with E-state index in [1.807, 2.05) is 48.7 Å². The van der Waals surface area contributed by atoms with E-state index in [2.05, 4.69) is 27.7 Å². The monoisotopic (exact) mass is 479 g/mol. The number of likely N-dealkylation sites (tertiary alicyclic amines) is 1. The summed E-state index contributed by atoms with van der Waals surface area (Å²) < 4.78 is 18.8. The van der Waals surface area contributed by atoms with Gasteiger partial charge in [0.2, 0.25) is 0 Å². The summed E-state index contributed by atoms with van der Waals surface area (Å²) in [6.07, 6.45) is 7.89. The summed E-state index contributed by atoms with van der Waals surface area (Å²) in [4.78, 5) is 12.1. The highest BCUT2D eigenvalue weighted by Crippen LogP contribution is 2.37. The minimum atomic E-state index is -0.550. The molecule has 6 rings (SSSR count). The number of benzene rings is 2. The first-order valence-electron chi connectivity index (χ1n) is 12.2. The largest absolute Gasteiger partial charge is 0.329 e. The normalized spacial score (nSPS) is 15.1. The molecule has 0 N–H and O–H groups in total. The lowest BCUT2D eigenvalue weighted by Crippen LogP contribution is -2.31. The van der Waals surface area contributed by atoms with Gasteiger partial charge >= 0.3 is 0 Å². The molecule has 1 aliphatic heterocycles. The molecule has 36 heavy (non-hydrogen) atoms. The lowest BCUT2D eigenvalue weighted by molar-refractivity contribution is 0.206. The number of hydrogen-bond acceptors (Lipinski definition) is 5. The molecule has 8 heteroatoms. The summed E-state index contributed by atoms with van der Waals surface area (Å²) in [6.45, 7) is 3.09. The van der Waals surface area contributed by atoms with Crippen LogP contribution in [0.5, 0.6) is 0 Å². The molecule has 0 saturated carbocycles. The lowest BCUT2D eigenvalue weighted by Gasteiger charge is -2.29. The second-order valence-electron chi connectivity index (χ2n) is 9.71. The van der Waals surface area contributed by atoms with Gasteiger partial charge < -0.3 is 9.47 Å². The van der Waals surface area contributed by atoms with E-state index in [9.17, 15) is 9.65 Å². The first-order valence-corrected chi connectivity index (χ1v) is 12.2. The number of aromatic nitrogens is 5. The number of fused-ring (bicyclic) bond motifs is 2. The standard InChI is InChI=1S/C28H26FN7/c1-34-9-7-18(8-10-34)16-36-17-32-28-25(36)15-31-27(20-5-6-24-22(11-20)14-33-35(24)2)26(28)19-3-4-21(13-30)23(29)12-19/h3-6,11-12,14-15,17-18H,7-10,16H2,1-2H3. The van der Waals surface area contributed by atoms with Crippen molar-refractivity contribution in [2.75, 3.05) is 20.1 Å². The molecule has 0 unspecified atom stereocenters. The van der Waals surface area contributed by atoms with Crippen LogP contribution in [0, 0.1) is 23.1 Å². The van der Waals surface area contributed by atoms with E-state index >= 15 is 0 Å². The van der Waals surface area contributed by atoms with Crippen LogP contribution in [0.3, 0.4) is 0 Å². The SMILES string of the molecule is CN1CCC(Cn2cnc3c(-c4ccc(C#N)c(F)c4)c(-c4ccc5c(cnn5C)c4)ncc32)CC1. The number of aryl methyl sites for hydroxylation is 1. The van der Waals surface area contributed by atoms with E-state index in [1.165, 1.54) is 12.1 Å². The number of nitriles is 1. The van der Waals surface area contributed by atoms with Crippen LogP contribution in [0.15, 0.2) is 55.1 Å². The van der Waals surface area contributed by atoms with E-state index in [1.54, 1.807) is 6.07 Å². The first-order chi connectivity index (χ1) is 17.5. The summed E-state index contributed by atoms with van der Waals surface area (Å²) in [5, 5.41) is 14.6. The minimum Gasteiger partial charge on any atom is -0.329 e. The molecule has 7 nitrogen and oxygen atoms in total. The van der Waals surface area contributed by atoms with Gasteiger partial charge in [-0.1, -0.05) is 12.1 Å². The Morgan fingerprint density at radius 1 is 1.00 bits per heavy atom. The topological polar surface area (TPSA) is 75.6 Å². The number of pyridine rings is 1. The number of piperidine rings is 1. The van der Waals surface area contributed by atoms with Crippen LogP contribution < -0.4 is 0 Å². The van der Waals surface area contributed by atoms with Crippen molar-refractivity contribution in [3.63, 3.8) is 0 Å². The Hall–Kier alpha value is -4.09. The van der Waals surface area contributed by atoms with Gasteiger partial charge in [0, 0.05) is 30.1 Å². The molecule has 0 amide bonds. The van der Waals surface area contributed by atoms with Crippen molar-refractivity contribution < 1.29 is 4.39 Å². The number of halogens is 1. The van der Waals surface area contributed by atoms with Gasteiger partial charge in [-0.3, -0.25) is 9.67 Å². The number of hydrogen-bond donors (Lipinski definition) is 0. The molecule has 180 valence electrons. The van der Waals surface area contributed by atoms with Gasteiger partial charge in [0.1, 0.15) is 17.4 Å². The van der Waals surface area contributed by atoms with Crippen LogP contribution in [-0.2, 0) is 13.6 Å². The van der Waals surface area contributed by atoms with Crippen molar-refractivity contribution in [2.24, 2.45) is 13.0 Å². The van der Waals surface area contributed by atoms with Gasteiger partial charge in [-0.05, 0) is 68.7 Å². The zero-order valence-corrected chi connectivity index (χ0v) is 20.3. The maximum Gasteiger partial charge on any atom is 0.141 e. The number of imidazole rings is 1. The molecule has 1 aliphatic rings. The van der Waals surface area contributed by atoms with E-state index in [0.717, 1.165) is 71.2 Å². The predicted molar refractivity (Wildman–Crippen MR) is 138 cm³/mol. The Morgan fingerprint density at radius 2 is 1.81 bits per heavy atom. The summed E-state index contributed by atoms with van der Waals surface area (Å²) >= 11 is 0. The minimum absolute atomic E-state index is 0.0185. The zero-order valence-electron chi connectivity index (χ0n) is 20.3. The molecule has 0 radical (unpaired) electrons. The summed E-state index contributed by atoms with van der Waals surface area (Å²) in [6, 6.07) is 12.7. The Morgan fingerprint density at radius 3 is 2.58 bits per heavy atom. The highest BCUT2D eigenvalue weighted by Gasteiger charge is 2.22. The van der Waals surface area contributed by atoms with Crippen molar-refractivity contribution in [3.05, 3.63) is 66.5 Å². The van der Waals surface area contributed by atoms with Crippen molar-refractivity contribution in [1.29, 1.82) is 5.26 Å². The summed E-state index contributed by atoms with van der Waals surface area (Å²) in [5.74, 6) is 0.0356. The predicted octanol–water partition coefficient (Wildman–Crippen LogP) is 5.00. The molecular formula is C28H26FN7. The molecular weight excluding hydrogens is 453 g/mol. The van der Waals surface area contributed by atoms with E-state index in [0.29, 0.717) is 11.5 Å². The average Bonchev–Trinajstić information content (AvgIpc) is 3.47. The van der Waals surface area contributed by atoms with Gasteiger partial charge in [0.25, 0.3) is 0 Å². The van der Waals surface area contributed by atoms with Crippen molar-refractivity contribution in [3.8, 4) is 28.5 Å². The van der Waals surface area contributed by atoms with E-state index < -0.39 is 5.82 Å². The quantitative estimate of drug-likeness (QED) is 0.362. The van der Waals surface area contributed by atoms with Gasteiger partial charge in [0.05, 0.1) is 41.0 Å². The summed E-state index contributed by atoms with van der Waals surface area (Å²) in [7, 11) is 4.08. The van der Waals surface area contributed by atoms with Crippen molar-refractivity contribution in [2.45, 2.75) is 19.4 Å². The molecule has 4 heterocycles. The second kappa shape index (κ2) is 8.85. The fourth-order valence-electron chi connectivity index (χ4n) is 5.25. The van der Waals surface area contributed by atoms with Gasteiger partial charge in [-0.2, -0.15) is 10.4 Å². The second-order valence-corrected chi connectivity index (χ2v) is 9.71. The molecule has 1 fully saturated rings. The third-order valence-corrected chi connectivity index (χ3v) is 7.36. The van der Waals surface area contributed by atoms with Crippen LogP contribution in [-0.4, -0.2) is 49.4 Å². The zero-order chi connectivity index (χ0) is 24.8. The first kappa shape index (κ1) is 22.4. The molecule has 5 aromatic rings. The highest BCUT2D eigenvalue weighted by atomic mass is 19.1. The van der Waals surface area contributed by atoms with Gasteiger partial charge in [0.15, 0.2) is 0 Å². The maximum absolute atomic E-state index is 14.7. The maximum atomic E-state index is 14.7. The van der Waals surface area contributed by atoms with Crippen LogP contribution in [0.2, 0.25) is 0 Å². The van der Waals surface area contributed by atoms with Crippen molar-refractivity contribution >= 4 is 21.9 Å². The van der Waals surface area contributed by atoms with Gasteiger partial charge in [-0.25, -0.2) is 9.37 Å². The molecule has 1 saturated heterocycles. The Balaban J connectivity index is 1.51. The van der Waals surface area contributed by atoms with E-state index in [4.69, 9.17) is 9.97 Å². The fourth-order valence-corrected chi connectivity index (χ4v) is 5.25. The molecule has 0 aliphatic carbocycles. The highest BCUT2D eigenvalue weighted by molar-refractivity contribution is 6.00. The van der Waals surface area contributed by atoms with Crippen LogP contribution in [0.25, 0.3) is 44.3 Å². The Kier molecular flexibility index (Phi) is 5.50. The Bertz CT molecular complexity index is 1630. The molecule has 3 aromatic heterocycles. The molecule has 0 atom stereocenters. The van der Waals surface area contributed by atoms with Gasteiger partial charge in [-0.15, -0.1) is 0 Å². The lowest BCUT2D eigenvalue weighted by atomic mass is 9.96. The Labute approximate surface area is 208 Å². The molecule has 0 spiro atoms. The average molecular weight is 480 g/mol. The number of rotatable bonds is 4. The number of nitrogens with zero attached hydrogens (tertiary/aromatic N) is 7. The third kappa shape index (κ3) is 3.82. The summed E-state index contributed by atoms with van der Waals surface area (Å²) in [5.41, 5.74) is 5.79. The molecule has 0 bridgehead atoms. The fraction of sp³-hybridized carbons (Fsp3) is 0.286. The van der Waals surface area contributed by atoms with Crippen LogP contribution in [0.1, 0.15) is 18.4 Å².